The Bertz CT molecular complexity index is 734. The van der Waals surface area contributed by atoms with Crippen LogP contribution in [-0.2, 0) is 4.79 Å². The van der Waals surface area contributed by atoms with Gasteiger partial charge >= 0.3 is 0 Å². The number of hydrogen-bond donors (Lipinski definition) is 4. The van der Waals surface area contributed by atoms with Gasteiger partial charge in [0.25, 0.3) is 0 Å². The van der Waals surface area contributed by atoms with E-state index in [1.54, 1.807) is 6.08 Å². The average molecular weight is 662 g/mol. The van der Waals surface area contributed by atoms with Crippen LogP contribution in [0.15, 0.2) is 36.5 Å². The maximum absolute atomic E-state index is 12.4. The van der Waals surface area contributed by atoms with E-state index in [2.05, 4.69) is 43.5 Å². The van der Waals surface area contributed by atoms with E-state index in [0.29, 0.717) is 6.42 Å². The highest BCUT2D eigenvalue weighted by molar-refractivity contribution is 5.76. The third-order valence-corrected chi connectivity index (χ3v) is 9.17. The molecule has 0 radical (unpaired) electrons. The van der Waals surface area contributed by atoms with Gasteiger partial charge in [0.15, 0.2) is 0 Å². The van der Waals surface area contributed by atoms with E-state index >= 15 is 0 Å². The highest BCUT2D eigenvalue weighted by Gasteiger charge is 2.20. The van der Waals surface area contributed by atoms with Crippen LogP contribution in [0, 0.1) is 0 Å². The van der Waals surface area contributed by atoms with Crippen molar-refractivity contribution in [3.63, 3.8) is 0 Å². The molecule has 0 aromatic carbocycles. The lowest BCUT2D eigenvalue weighted by Crippen LogP contribution is -2.45. The second-order valence-electron chi connectivity index (χ2n) is 13.9. The molecule has 0 aromatic rings. The molecule has 0 saturated heterocycles. The molecule has 0 aliphatic carbocycles. The molecule has 3 unspecified atom stereocenters. The minimum absolute atomic E-state index is 0.00378. The first-order chi connectivity index (χ1) is 23.0. The van der Waals surface area contributed by atoms with Gasteiger partial charge in [-0.05, 0) is 51.4 Å². The van der Waals surface area contributed by atoms with Crippen LogP contribution in [0.4, 0.5) is 0 Å². The summed E-state index contributed by atoms with van der Waals surface area (Å²) in [5.41, 5.74) is 0. The Morgan fingerprint density at radius 3 is 1.40 bits per heavy atom. The van der Waals surface area contributed by atoms with Crippen LogP contribution in [0.1, 0.15) is 200 Å². The molecule has 47 heavy (non-hydrogen) atoms. The Morgan fingerprint density at radius 2 is 0.957 bits per heavy atom. The van der Waals surface area contributed by atoms with Gasteiger partial charge in [-0.1, -0.05) is 179 Å². The standard InChI is InChI=1S/C42H79NO4/c1-3-5-7-9-11-13-15-16-17-18-19-20-21-22-23-24-26-27-29-31-33-35-39(45)37-42(47)43-40(38-44)41(46)36-34-32-30-28-25-14-12-10-8-6-4-2/h19-20,22-23,34,36,39-41,44-46H,3-18,21,24-33,35,37-38H2,1-2H3,(H,43,47)/b20-19-,23-22-,36-34+. The molecule has 276 valence electrons. The zero-order chi connectivity index (χ0) is 34.5. The number of carbonyl (C=O) groups is 1. The molecule has 0 spiro atoms. The van der Waals surface area contributed by atoms with Crippen LogP contribution in [-0.4, -0.2) is 46.1 Å². The summed E-state index contributed by atoms with van der Waals surface area (Å²) in [7, 11) is 0. The minimum Gasteiger partial charge on any atom is -0.394 e. The van der Waals surface area contributed by atoms with Gasteiger partial charge in [-0.3, -0.25) is 4.79 Å². The molecule has 5 nitrogen and oxygen atoms in total. The fourth-order valence-electron chi connectivity index (χ4n) is 6.02. The maximum Gasteiger partial charge on any atom is 0.222 e. The number of amides is 1. The van der Waals surface area contributed by atoms with Crippen LogP contribution in [0.25, 0.3) is 0 Å². The van der Waals surface area contributed by atoms with E-state index in [-0.39, 0.29) is 18.9 Å². The van der Waals surface area contributed by atoms with Crippen LogP contribution < -0.4 is 5.32 Å². The first-order valence-corrected chi connectivity index (χ1v) is 20.3. The zero-order valence-corrected chi connectivity index (χ0v) is 31.2. The fourth-order valence-corrected chi connectivity index (χ4v) is 6.02. The molecule has 0 aliphatic rings. The molecule has 0 fully saturated rings. The minimum atomic E-state index is -0.930. The molecule has 0 rings (SSSR count). The number of aliphatic hydroxyl groups excluding tert-OH is 3. The molecule has 3 atom stereocenters. The highest BCUT2D eigenvalue weighted by atomic mass is 16.3. The lowest BCUT2D eigenvalue weighted by molar-refractivity contribution is -0.124. The predicted molar refractivity (Wildman–Crippen MR) is 204 cm³/mol. The summed E-state index contributed by atoms with van der Waals surface area (Å²) in [4.78, 5) is 12.4. The van der Waals surface area contributed by atoms with Gasteiger partial charge in [-0.2, -0.15) is 0 Å². The molecule has 0 heterocycles. The topological polar surface area (TPSA) is 89.8 Å². The number of rotatable bonds is 36. The molecular weight excluding hydrogens is 582 g/mol. The smallest absolute Gasteiger partial charge is 0.222 e. The number of allylic oxidation sites excluding steroid dienone is 5. The largest absolute Gasteiger partial charge is 0.394 e. The van der Waals surface area contributed by atoms with E-state index in [1.165, 1.54) is 128 Å². The number of nitrogens with one attached hydrogen (secondary N) is 1. The maximum atomic E-state index is 12.4. The number of carbonyl (C=O) groups excluding carboxylic acids is 1. The van der Waals surface area contributed by atoms with Gasteiger partial charge in [0, 0.05) is 0 Å². The second kappa shape index (κ2) is 37.4. The molecule has 5 heteroatoms. The van der Waals surface area contributed by atoms with Crippen LogP contribution in [0.2, 0.25) is 0 Å². The van der Waals surface area contributed by atoms with Gasteiger partial charge in [-0.15, -0.1) is 0 Å². The summed E-state index contributed by atoms with van der Waals surface area (Å²) in [6.45, 7) is 4.18. The summed E-state index contributed by atoms with van der Waals surface area (Å²) in [5.74, 6) is -0.326. The number of hydrogen-bond acceptors (Lipinski definition) is 4. The Kier molecular flexibility index (Phi) is 36.3. The SMILES string of the molecule is CCCCCCCCCCC/C=C\C/C=C\CCCCCCCC(O)CC(=O)NC(CO)C(O)/C=C/CCCCCCCCCCC. The monoisotopic (exact) mass is 662 g/mol. The summed E-state index contributed by atoms with van der Waals surface area (Å²) >= 11 is 0. The predicted octanol–water partition coefficient (Wildman–Crippen LogP) is 11.2. The van der Waals surface area contributed by atoms with E-state index in [1.807, 2.05) is 6.08 Å². The number of aliphatic hydroxyl groups is 3. The van der Waals surface area contributed by atoms with Gasteiger partial charge in [-0.25, -0.2) is 0 Å². The van der Waals surface area contributed by atoms with Crippen LogP contribution in [0.5, 0.6) is 0 Å². The Balaban J connectivity index is 3.70. The average Bonchev–Trinajstić information content (AvgIpc) is 3.06. The van der Waals surface area contributed by atoms with Crippen LogP contribution >= 0.6 is 0 Å². The first kappa shape index (κ1) is 45.6. The van der Waals surface area contributed by atoms with Crippen molar-refractivity contribution in [2.45, 2.75) is 218 Å². The summed E-state index contributed by atoms with van der Waals surface area (Å²) in [5, 5.41) is 33.1. The van der Waals surface area contributed by atoms with Crippen molar-refractivity contribution in [1.29, 1.82) is 0 Å². The van der Waals surface area contributed by atoms with Gasteiger partial charge in [0.2, 0.25) is 5.91 Å². The van der Waals surface area contributed by atoms with Crippen molar-refractivity contribution < 1.29 is 20.1 Å². The van der Waals surface area contributed by atoms with Gasteiger partial charge in [0.1, 0.15) is 0 Å². The molecule has 1 amide bonds. The van der Waals surface area contributed by atoms with E-state index in [0.717, 1.165) is 44.9 Å². The van der Waals surface area contributed by atoms with Crippen molar-refractivity contribution in [1.82, 2.24) is 5.32 Å². The van der Waals surface area contributed by atoms with Crippen molar-refractivity contribution >= 4 is 5.91 Å². The normalized spacial score (nSPS) is 14.1. The lowest BCUT2D eigenvalue weighted by Gasteiger charge is -2.21. The van der Waals surface area contributed by atoms with Crippen molar-refractivity contribution in [2.75, 3.05) is 6.61 Å². The van der Waals surface area contributed by atoms with Gasteiger partial charge < -0.3 is 20.6 Å². The quantitative estimate of drug-likeness (QED) is 0.0397. The van der Waals surface area contributed by atoms with E-state index < -0.39 is 18.2 Å². The highest BCUT2D eigenvalue weighted by Crippen LogP contribution is 2.13. The Hall–Kier alpha value is -1.43. The fraction of sp³-hybridized carbons (Fsp3) is 0.833. The van der Waals surface area contributed by atoms with Crippen molar-refractivity contribution in [3.05, 3.63) is 36.5 Å². The second-order valence-corrected chi connectivity index (χ2v) is 13.9. The summed E-state index contributed by atoms with van der Waals surface area (Å²) in [6, 6.07) is -0.747. The molecule has 0 bridgehead atoms. The molecular formula is C42H79NO4. The molecule has 0 aromatic heterocycles. The molecule has 0 aliphatic heterocycles. The van der Waals surface area contributed by atoms with E-state index in [9.17, 15) is 20.1 Å². The van der Waals surface area contributed by atoms with Gasteiger partial charge in [0.05, 0.1) is 31.3 Å². The third-order valence-electron chi connectivity index (χ3n) is 9.17. The number of unbranched alkanes of at least 4 members (excludes halogenated alkanes) is 23. The Morgan fingerprint density at radius 1 is 0.553 bits per heavy atom. The summed E-state index contributed by atoms with van der Waals surface area (Å²) in [6.07, 6.45) is 45.6. The van der Waals surface area contributed by atoms with Crippen LogP contribution in [0.3, 0.4) is 0 Å². The molecule has 4 N–H and O–H groups in total. The van der Waals surface area contributed by atoms with Crippen molar-refractivity contribution in [2.24, 2.45) is 0 Å². The van der Waals surface area contributed by atoms with E-state index in [4.69, 9.17) is 0 Å². The summed E-state index contributed by atoms with van der Waals surface area (Å²) < 4.78 is 0. The third kappa shape index (κ3) is 34.2. The van der Waals surface area contributed by atoms with Crippen molar-refractivity contribution in [3.8, 4) is 0 Å². The molecule has 0 saturated carbocycles. The first-order valence-electron chi connectivity index (χ1n) is 20.3. The zero-order valence-electron chi connectivity index (χ0n) is 31.2. The lowest BCUT2D eigenvalue weighted by atomic mass is 10.0. The Labute approximate surface area is 292 Å².